The zero-order valence-electron chi connectivity index (χ0n) is 8.19. The summed E-state index contributed by atoms with van der Waals surface area (Å²) in [5, 5.41) is 2.36. The molecule has 0 heterocycles. The molecule has 1 rings (SSSR count). The Labute approximate surface area is 89.6 Å². The molecule has 0 spiro atoms. The van der Waals surface area contributed by atoms with E-state index in [-0.39, 0.29) is 0 Å². The molecule has 1 aromatic rings. The molecule has 0 aliphatic heterocycles. The molecule has 0 aliphatic rings. The zero-order chi connectivity index (χ0) is 10.2. The maximum absolute atomic E-state index is 5.07. The molecular formula is C11H13NOS. The van der Waals surface area contributed by atoms with Crippen LogP contribution < -0.4 is 4.74 Å². The van der Waals surface area contributed by atoms with E-state index in [9.17, 15) is 0 Å². The molecule has 0 radical (unpaired) electrons. The number of isothiocyanates is 1. The summed E-state index contributed by atoms with van der Waals surface area (Å²) < 4.78 is 5.07. The number of hydrogen-bond donors (Lipinski definition) is 0. The van der Waals surface area contributed by atoms with Gasteiger partial charge >= 0.3 is 0 Å². The number of aryl methyl sites for hydroxylation is 1. The van der Waals surface area contributed by atoms with Crippen molar-refractivity contribution < 1.29 is 4.74 Å². The molecule has 0 saturated heterocycles. The highest BCUT2D eigenvalue weighted by Crippen LogP contribution is 2.12. The maximum atomic E-state index is 5.07. The van der Waals surface area contributed by atoms with Gasteiger partial charge in [0.05, 0.1) is 12.3 Å². The molecular weight excluding hydrogens is 194 g/mol. The minimum atomic E-state index is 0.759. The number of benzene rings is 1. The average molecular weight is 207 g/mol. The number of thiocarbonyl (C=S) groups is 1. The van der Waals surface area contributed by atoms with E-state index in [1.807, 2.05) is 12.1 Å². The van der Waals surface area contributed by atoms with Crippen molar-refractivity contribution in [3.8, 4) is 5.75 Å². The molecule has 1 aromatic carbocycles. The van der Waals surface area contributed by atoms with Crippen molar-refractivity contribution in [2.45, 2.75) is 12.8 Å². The van der Waals surface area contributed by atoms with Gasteiger partial charge in [-0.15, -0.1) is 0 Å². The van der Waals surface area contributed by atoms with Gasteiger partial charge in [0, 0.05) is 6.54 Å². The van der Waals surface area contributed by atoms with E-state index >= 15 is 0 Å². The van der Waals surface area contributed by atoms with E-state index in [4.69, 9.17) is 4.74 Å². The van der Waals surface area contributed by atoms with Crippen molar-refractivity contribution in [3.05, 3.63) is 29.8 Å². The largest absolute Gasteiger partial charge is 0.497 e. The van der Waals surface area contributed by atoms with Gasteiger partial charge in [0.25, 0.3) is 0 Å². The highest BCUT2D eigenvalue weighted by Gasteiger charge is 1.93. The Morgan fingerprint density at radius 2 is 2.07 bits per heavy atom. The van der Waals surface area contributed by atoms with Crippen LogP contribution >= 0.6 is 12.2 Å². The predicted octanol–water partition coefficient (Wildman–Crippen LogP) is 2.73. The van der Waals surface area contributed by atoms with Crippen LogP contribution in [0.2, 0.25) is 0 Å². The zero-order valence-corrected chi connectivity index (χ0v) is 9.01. The summed E-state index contributed by atoms with van der Waals surface area (Å²) in [4.78, 5) is 3.86. The molecule has 0 aromatic heterocycles. The maximum Gasteiger partial charge on any atom is 0.118 e. The van der Waals surface area contributed by atoms with Gasteiger partial charge in [0.2, 0.25) is 0 Å². The van der Waals surface area contributed by atoms with E-state index in [2.05, 4.69) is 34.5 Å². The first-order valence-corrected chi connectivity index (χ1v) is 4.94. The smallest absolute Gasteiger partial charge is 0.118 e. The summed E-state index contributed by atoms with van der Waals surface area (Å²) in [5.74, 6) is 0.894. The second kappa shape index (κ2) is 6.30. The van der Waals surface area contributed by atoms with Crippen LogP contribution in [0.5, 0.6) is 5.75 Å². The second-order valence-corrected chi connectivity index (χ2v) is 3.11. The average Bonchev–Trinajstić information content (AvgIpc) is 2.25. The molecule has 0 unspecified atom stereocenters. The van der Waals surface area contributed by atoms with Crippen LogP contribution in [-0.4, -0.2) is 18.8 Å². The molecule has 0 bridgehead atoms. The first-order valence-electron chi connectivity index (χ1n) is 4.53. The van der Waals surface area contributed by atoms with E-state index in [1.165, 1.54) is 5.56 Å². The van der Waals surface area contributed by atoms with Crippen molar-refractivity contribution in [2.24, 2.45) is 4.99 Å². The molecule has 0 amide bonds. The van der Waals surface area contributed by atoms with Gasteiger partial charge < -0.3 is 4.74 Å². The van der Waals surface area contributed by atoms with Crippen LogP contribution in [0.25, 0.3) is 0 Å². The van der Waals surface area contributed by atoms with Crippen LogP contribution in [0, 0.1) is 0 Å². The first kappa shape index (κ1) is 10.9. The van der Waals surface area contributed by atoms with E-state index in [1.54, 1.807) is 7.11 Å². The van der Waals surface area contributed by atoms with Crippen molar-refractivity contribution >= 4 is 17.4 Å². The van der Waals surface area contributed by atoms with E-state index in [0.717, 1.165) is 25.1 Å². The van der Waals surface area contributed by atoms with Crippen molar-refractivity contribution in [1.82, 2.24) is 0 Å². The third kappa shape index (κ3) is 3.69. The number of rotatable bonds is 5. The lowest BCUT2D eigenvalue weighted by molar-refractivity contribution is 0.414. The SMILES string of the molecule is COc1ccc(CCCN=C=S)cc1. The van der Waals surface area contributed by atoms with Crippen LogP contribution in [0.15, 0.2) is 29.3 Å². The lowest BCUT2D eigenvalue weighted by atomic mass is 10.1. The molecule has 0 fully saturated rings. The van der Waals surface area contributed by atoms with Gasteiger partial charge in [-0.1, -0.05) is 12.1 Å². The van der Waals surface area contributed by atoms with E-state index in [0.29, 0.717) is 0 Å². The Hall–Kier alpha value is -1.18. The molecule has 74 valence electrons. The van der Waals surface area contributed by atoms with Crippen molar-refractivity contribution in [3.63, 3.8) is 0 Å². The Kier molecular flexibility index (Phi) is 4.90. The summed E-state index contributed by atoms with van der Waals surface area (Å²) in [6, 6.07) is 8.08. The predicted molar refractivity (Wildman–Crippen MR) is 61.2 cm³/mol. The highest BCUT2D eigenvalue weighted by molar-refractivity contribution is 7.78. The first-order chi connectivity index (χ1) is 6.86. The fraction of sp³-hybridized carbons (Fsp3) is 0.364. The monoisotopic (exact) mass is 207 g/mol. The molecule has 0 aliphatic carbocycles. The minimum absolute atomic E-state index is 0.759. The number of methoxy groups -OCH3 is 1. The molecule has 3 heteroatoms. The quantitative estimate of drug-likeness (QED) is 0.420. The summed E-state index contributed by atoms with van der Waals surface area (Å²) >= 11 is 4.48. The van der Waals surface area contributed by atoms with E-state index < -0.39 is 0 Å². The van der Waals surface area contributed by atoms with Gasteiger partial charge in [0.15, 0.2) is 0 Å². The summed E-state index contributed by atoms with van der Waals surface area (Å²) in [6.07, 6.45) is 2.03. The molecule has 2 nitrogen and oxygen atoms in total. The van der Waals surface area contributed by atoms with Gasteiger partial charge in [-0.05, 0) is 42.8 Å². The molecule has 0 saturated carbocycles. The fourth-order valence-corrected chi connectivity index (χ4v) is 1.29. The number of ether oxygens (including phenoxy) is 1. The summed E-state index contributed by atoms with van der Waals surface area (Å²) in [6.45, 7) is 0.759. The van der Waals surface area contributed by atoms with Gasteiger partial charge in [0.1, 0.15) is 5.75 Å². The third-order valence-corrected chi connectivity index (χ3v) is 2.09. The van der Waals surface area contributed by atoms with Gasteiger partial charge in [-0.25, -0.2) is 4.99 Å². The van der Waals surface area contributed by atoms with Crippen molar-refractivity contribution in [1.29, 1.82) is 0 Å². The fourth-order valence-electron chi connectivity index (χ4n) is 1.20. The molecule has 0 N–H and O–H groups in total. The second-order valence-electron chi connectivity index (χ2n) is 2.92. The van der Waals surface area contributed by atoms with Crippen LogP contribution in [0.4, 0.5) is 0 Å². The van der Waals surface area contributed by atoms with Crippen LogP contribution in [-0.2, 0) is 6.42 Å². The lowest BCUT2D eigenvalue weighted by Gasteiger charge is -2.01. The molecule has 14 heavy (non-hydrogen) atoms. The number of hydrogen-bond acceptors (Lipinski definition) is 3. The standard InChI is InChI=1S/C11H13NOS/c1-13-11-6-4-10(5-7-11)3-2-8-12-9-14/h4-7H,2-3,8H2,1H3. The Morgan fingerprint density at radius 1 is 1.36 bits per heavy atom. The summed E-state index contributed by atoms with van der Waals surface area (Å²) in [7, 11) is 1.67. The number of aliphatic imine (C=N–C) groups is 1. The van der Waals surface area contributed by atoms with Crippen LogP contribution in [0.3, 0.4) is 0 Å². The van der Waals surface area contributed by atoms with Crippen LogP contribution in [0.1, 0.15) is 12.0 Å². The molecule has 0 atom stereocenters. The highest BCUT2D eigenvalue weighted by atomic mass is 32.1. The third-order valence-electron chi connectivity index (χ3n) is 1.96. The van der Waals surface area contributed by atoms with Crippen molar-refractivity contribution in [2.75, 3.05) is 13.7 Å². The number of nitrogens with zero attached hydrogens (tertiary/aromatic N) is 1. The lowest BCUT2D eigenvalue weighted by Crippen LogP contribution is -1.89. The Balaban J connectivity index is 2.39. The summed E-state index contributed by atoms with van der Waals surface area (Å²) in [5.41, 5.74) is 1.30. The minimum Gasteiger partial charge on any atom is -0.497 e. The van der Waals surface area contributed by atoms with Gasteiger partial charge in [-0.3, -0.25) is 0 Å². The Bertz CT molecular complexity index is 315. The normalized spacial score (nSPS) is 9.21. The van der Waals surface area contributed by atoms with Gasteiger partial charge in [-0.2, -0.15) is 0 Å². The Morgan fingerprint density at radius 3 is 2.64 bits per heavy atom. The topological polar surface area (TPSA) is 21.6 Å².